The van der Waals surface area contributed by atoms with Crippen molar-refractivity contribution < 1.29 is 9.90 Å². The van der Waals surface area contributed by atoms with Crippen LogP contribution in [-0.4, -0.2) is 38.2 Å². The van der Waals surface area contributed by atoms with Crippen LogP contribution in [0.15, 0.2) is 12.4 Å². The molecule has 88 valence electrons. The van der Waals surface area contributed by atoms with Crippen LogP contribution in [0.1, 0.15) is 25.7 Å². The molecular formula is C10H16N4O2. The molecule has 1 heterocycles. The van der Waals surface area contributed by atoms with E-state index >= 15 is 0 Å². The average molecular weight is 224 g/mol. The molecule has 1 aromatic heterocycles. The van der Waals surface area contributed by atoms with Crippen LogP contribution >= 0.6 is 0 Å². The monoisotopic (exact) mass is 224 g/mol. The summed E-state index contributed by atoms with van der Waals surface area (Å²) in [6.07, 6.45) is 6.26. The van der Waals surface area contributed by atoms with Gasteiger partial charge in [-0.3, -0.25) is 4.79 Å². The first-order chi connectivity index (χ1) is 7.74. The second-order valence-electron chi connectivity index (χ2n) is 4.17. The van der Waals surface area contributed by atoms with Gasteiger partial charge >= 0.3 is 0 Å². The minimum Gasteiger partial charge on any atom is -0.393 e. The SMILES string of the molecule is O=C(Cn1ccnn1)NC1CCC(O)CC1. The van der Waals surface area contributed by atoms with E-state index in [4.69, 9.17) is 0 Å². The molecule has 0 spiro atoms. The van der Waals surface area contributed by atoms with Crippen molar-refractivity contribution in [3.8, 4) is 0 Å². The predicted molar refractivity (Wildman–Crippen MR) is 56.4 cm³/mol. The highest BCUT2D eigenvalue weighted by molar-refractivity contribution is 5.75. The molecule has 1 aliphatic carbocycles. The van der Waals surface area contributed by atoms with Gasteiger partial charge in [0.05, 0.1) is 12.3 Å². The molecule has 1 aromatic rings. The molecule has 0 atom stereocenters. The van der Waals surface area contributed by atoms with E-state index in [1.165, 1.54) is 4.68 Å². The van der Waals surface area contributed by atoms with E-state index in [1.807, 2.05) is 0 Å². The Kier molecular flexibility index (Phi) is 3.51. The number of carbonyl (C=O) groups is 1. The lowest BCUT2D eigenvalue weighted by atomic mass is 9.93. The quantitative estimate of drug-likeness (QED) is 0.738. The molecule has 6 heteroatoms. The fourth-order valence-corrected chi connectivity index (χ4v) is 1.96. The second-order valence-corrected chi connectivity index (χ2v) is 4.17. The number of carbonyl (C=O) groups excluding carboxylic acids is 1. The van der Waals surface area contributed by atoms with E-state index in [0.29, 0.717) is 0 Å². The summed E-state index contributed by atoms with van der Waals surface area (Å²) in [6, 6.07) is 0.194. The number of aliphatic hydroxyl groups is 1. The Morgan fingerprint density at radius 3 is 2.81 bits per heavy atom. The number of amides is 1. The molecular weight excluding hydrogens is 208 g/mol. The summed E-state index contributed by atoms with van der Waals surface area (Å²) in [4.78, 5) is 11.6. The Balaban J connectivity index is 1.75. The van der Waals surface area contributed by atoms with Crippen LogP contribution in [0.5, 0.6) is 0 Å². The molecule has 0 radical (unpaired) electrons. The van der Waals surface area contributed by atoms with Gasteiger partial charge in [0.2, 0.25) is 5.91 Å². The first kappa shape index (κ1) is 11.1. The molecule has 0 unspecified atom stereocenters. The van der Waals surface area contributed by atoms with Gasteiger partial charge < -0.3 is 10.4 Å². The van der Waals surface area contributed by atoms with E-state index in [9.17, 15) is 9.90 Å². The summed E-state index contributed by atoms with van der Waals surface area (Å²) in [5.74, 6) is -0.0492. The fraction of sp³-hybridized carbons (Fsp3) is 0.700. The number of rotatable bonds is 3. The molecule has 0 aliphatic heterocycles. The van der Waals surface area contributed by atoms with Gasteiger partial charge in [0.25, 0.3) is 0 Å². The van der Waals surface area contributed by atoms with Crippen LogP contribution in [0.2, 0.25) is 0 Å². The van der Waals surface area contributed by atoms with Gasteiger partial charge in [-0.1, -0.05) is 5.21 Å². The molecule has 1 saturated carbocycles. The van der Waals surface area contributed by atoms with Crippen LogP contribution < -0.4 is 5.32 Å². The third kappa shape index (κ3) is 3.03. The maximum atomic E-state index is 11.6. The van der Waals surface area contributed by atoms with E-state index in [1.54, 1.807) is 12.4 Å². The molecule has 2 N–H and O–H groups in total. The minimum atomic E-state index is -0.191. The predicted octanol–water partition coefficient (Wildman–Crippen LogP) is -0.302. The summed E-state index contributed by atoms with van der Waals surface area (Å²) in [5, 5.41) is 19.6. The summed E-state index contributed by atoms with van der Waals surface area (Å²) < 4.78 is 1.49. The molecule has 0 saturated heterocycles. The maximum Gasteiger partial charge on any atom is 0.242 e. The minimum absolute atomic E-state index is 0.0492. The van der Waals surface area contributed by atoms with Gasteiger partial charge in [-0.2, -0.15) is 0 Å². The third-order valence-electron chi connectivity index (χ3n) is 2.84. The molecule has 1 aliphatic rings. The van der Waals surface area contributed by atoms with Crippen molar-refractivity contribution in [2.24, 2.45) is 0 Å². The van der Waals surface area contributed by atoms with Crippen molar-refractivity contribution in [2.75, 3.05) is 0 Å². The number of aliphatic hydroxyl groups excluding tert-OH is 1. The van der Waals surface area contributed by atoms with Gasteiger partial charge in [0, 0.05) is 12.2 Å². The van der Waals surface area contributed by atoms with Crippen molar-refractivity contribution in [2.45, 2.75) is 44.4 Å². The lowest BCUT2D eigenvalue weighted by Gasteiger charge is -2.26. The Morgan fingerprint density at radius 2 is 2.19 bits per heavy atom. The Labute approximate surface area is 93.6 Å². The van der Waals surface area contributed by atoms with Crippen LogP contribution in [0.3, 0.4) is 0 Å². The smallest absolute Gasteiger partial charge is 0.242 e. The zero-order valence-corrected chi connectivity index (χ0v) is 9.04. The van der Waals surface area contributed by atoms with Gasteiger partial charge in [0.15, 0.2) is 0 Å². The van der Waals surface area contributed by atoms with Crippen molar-refractivity contribution in [1.82, 2.24) is 20.3 Å². The summed E-state index contributed by atoms with van der Waals surface area (Å²) >= 11 is 0. The standard InChI is InChI=1S/C10H16N4O2/c15-9-3-1-8(2-4-9)12-10(16)7-14-6-5-11-13-14/h5-6,8-9,15H,1-4,7H2,(H,12,16). The highest BCUT2D eigenvalue weighted by atomic mass is 16.3. The maximum absolute atomic E-state index is 11.6. The lowest BCUT2D eigenvalue weighted by Crippen LogP contribution is -2.40. The Morgan fingerprint density at radius 1 is 1.44 bits per heavy atom. The van der Waals surface area contributed by atoms with Gasteiger partial charge in [-0.05, 0) is 25.7 Å². The van der Waals surface area contributed by atoms with Crippen LogP contribution in [0, 0.1) is 0 Å². The zero-order valence-electron chi connectivity index (χ0n) is 9.04. The van der Waals surface area contributed by atoms with Gasteiger partial charge in [-0.15, -0.1) is 5.10 Å². The second kappa shape index (κ2) is 5.07. The molecule has 1 fully saturated rings. The number of nitrogens with one attached hydrogen (secondary N) is 1. The Hall–Kier alpha value is -1.43. The summed E-state index contributed by atoms with van der Waals surface area (Å²) in [5.41, 5.74) is 0. The first-order valence-electron chi connectivity index (χ1n) is 5.55. The topological polar surface area (TPSA) is 80.0 Å². The van der Waals surface area contributed by atoms with Gasteiger partial charge in [0.1, 0.15) is 6.54 Å². The molecule has 0 bridgehead atoms. The third-order valence-corrected chi connectivity index (χ3v) is 2.84. The molecule has 1 amide bonds. The van der Waals surface area contributed by atoms with Crippen molar-refractivity contribution in [3.63, 3.8) is 0 Å². The zero-order chi connectivity index (χ0) is 11.4. The van der Waals surface area contributed by atoms with E-state index in [0.717, 1.165) is 25.7 Å². The largest absolute Gasteiger partial charge is 0.393 e. The van der Waals surface area contributed by atoms with Crippen molar-refractivity contribution in [1.29, 1.82) is 0 Å². The number of aromatic nitrogens is 3. The van der Waals surface area contributed by atoms with E-state index < -0.39 is 0 Å². The fourth-order valence-electron chi connectivity index (χ4n) is 1.96. The number of nitrogens with zero attached hydrogens (tertiary/aromatic N) is 3. The lowest BCUT2D eigenvalue weighted by molar-refractivity contribution is -0.123. The van der Waals surface area contributed by atoms with Crippen LogP contribution in [-0.2, 0) is 11.3 Å². The van der Waals surface area contributed by atoms with Crippen LogP contribution in [0.25, 0.3) is 0 Å². The van der Waals surface area contributed by atoms with Crippen molar-refractivity contribution in [3.05, 3.63) is 12.4 Å². The number of hydrogen-bond acceptors (Lipinski definition) is 4. The van der Waals surface area contributed by atoms with Crippen LogP contribution in [0.4, 0.5) is 0 Å². The van der Waals surface area contributed by atoms with E-state index in [-0.39, 0.29) is 24.6 Å². The van der Waals surface area contributed by atoms with E-state index in [2.05, 4.69) is 15.6 Å². The summed E-state index contributed by atoms with van der Waals surface area (Å²) in [6.45, 7) is 0.207. The highest BCUT2D eigenvalue weighted by Crippen LogP contribution is 2.18. The summed E-state index contributed by atoms with van der Waals surface area (Å²) in [7, 11) is 0. The molecule has 2 rings (SSSR count). The van der Waals surface area contributed by atoms with Crippen molar-refractivity contribution >= 4 is 5.91 Å². The average Bonchev–Trinajstić information content (AvgIpc) is 2.74. The molecule has 6 nitrogen and oxygen atoms in total. The number of hydrogen-bond donors (Lipinski definition) is 2. The van der Waals surface area contributed by atoms with Gasteiger partial charge in [-0.25, -0.2) is 4.68 Å². The first-order valence-corrected chi connectivity index (χ1v) is 5.55. The molecule has 0 aromatic carbocycles. The normalized spacial score (nSPS) is 25.3. The highest BCUT2D eigenvalue weighted by Gasteiger charge is 2.20. The molecule has 16 heavy (non-hydrogen) atoms. The Bertz CT molecular complexity index is 331.